The van der Waals surface area contributed by atoms with Gasteiger partial charge in [-0.2, -0.15) is 4.31 Å². The van der Waals surface area contributed by atoms with E-state index in [1.165, 1.54) is 35.7 Å². The maximum atomic E-state index is 12.9. The van der Waals surface area contributed by atoms with Gasteiger partial charge >= 0.3 is 5.97 Å². The number of hydrogen-bond donors (Lipinski definition) is 1. The van der Waals surface area contributed by atoms with Gasteiger partial charge in [-0.25, -0.2) is 13.2 Å². The van der Waals surface area contributed by atoms with Crippen molar-refractivity contribution in [2.45, 2.75) is 17.7 Å². The molecule has 1 N–H and O–H groups in total. The number of anilines is 1. The summed E-state index contributed by atoms with van der Waals surface area (Å²) in [5.41, 5.74) is 0.576. The molecule has 2 aromatic carbocycles. The number of para-hydroxylation sites is 1. The lowest BCUT2D eigenvalue weighted by Crippen LogP contribution is -2.43. The van der Waals surface area contributed by atoms with E-state index in [0.717, 1.165) is 0 Å². The summed E-state index contributed by atoms with van der Waals surface area (Å²) in [5.74, 6) is -1.43. The number of piperidine rings is 1. The van der Waals surface area contributed by atoms with E-state index in [0.29, 0.717) is 30.1 Å². The van der Waals surface area contributed by atoms with Gasteiger partial charge in [0.2, 0.25) is 15.9 Å². The minimum atomic E-state index is -3.72. The molecule has 29 heavy (non-hydrogen) atoms. The average molecular weight is 437 g/mol. The van der Waals surface area contributed by atoms with Crippen LogP contribution in [-0.2, 0) is 19.6 Å². The van der Waals surface area contributed by atoms with Gasteiger partial charge in [0, 0.05) is 18.1 Å². The van der Waals surface area contributed by atoms with Crippen molar-refractivity contribution in [2.24, 2.45) is 5.92 Å². The number of carbonyl (C=O) groups is 2. The zero-order valence-electron chi connectivity index (χ0n) is 15.8. The van der Waals surface area contributed by atoms with Crippen molar-refractivity contribution in [3.8, 4) is 0 Å². The van der Waals surface area contributed by atoms with E-state index in [-0.39, 0.29) is 22.9 Å². The molecule has 0 radical (unpaired) electrons. The smallest absolute Gasteiger partial charge is 0.339 e. The van der Waals surface area contributed by atoms with E-state index >= 15 is 0 Å². The van der Waals surface area contributed by atoms with Gasteiger partial charge in [0.25, 0.3) is 0 Å². The minimum absolute atomic E-state index is 0.0667. The highest BCUT2D eigenvalue weighted by Crippen LogP contribution is 2.26. The van der Waals surface area contributed by atoms with Gasteiger partial charge in [-0.3, -0.25) is 4.79 Å². The second-order valence-corrected chi connectivity index (χ2v) is 9.06. The Hall–Kier alpha value is -2.42. The molecule has 1 fully saturated rings. The normalized spacial score (nSPS) is 17.5. The first-order valence-corrected chi connectivity index (χ1v) is 10.9. The van der Waals surface area contributed by atoms with Gasteiger partial charge in [-0.05, 0) is 49.2 Å². The van der Waals surface area contributed by atoms with Gasteiger partial charge in [0.1, 0.15) is 0 Å². The van der Waals surface area contributed by atoms with Gasteiger partial charge in [-0.1, -0.05) is 23.7 Å². The molecule has 1 saturated heterocycles. The van der Waals surface area contributed by atoms with Crippen LogP contribution in [0.3, 0.4) is 0 Å². The molecule has 1 aliphatic rings. The van der Waals surface area contributed by atoms with E-state index in [1.807, 2.05) is 0 Å². The first-order valence-electron chi connectivity index (χ1n) is 9.07. The number of nitrogens with zero attached hydrogens (tertiary/aromatic N) is 1. The van der Waals surface area contributed by atoms with Crippen molar-refractivity contribution in [3.05, 3.63) is 59.1 Å². The molecule has 1 aliphatic heterocycles. The number of benzene rings is 2. The Morgan fingerprint density at radius 3 is 2.52 bits per heavy atom. The molecule has 1 amide bonds. The van der Waals surface area contributed by atoms with E-state index in [1.54, 1.807) is 24.3 Å². The van der Waals surface area contributed by atoms with Crippen molar-refractivity contribution in [3.63, 3.8) is 0 Å². The quantitative estimate of drug-likeness (QED) is 0.726. The number of halogens is 1. The van der Waals surface area contributed by atoms with Crippen molar-refractivity contribution < 1.29 is 22.7 Å². The molecule has 0 saturated carbocycles. The number of carbonyl (C=O) groups excluding carboxylic acids is 2. The van der Waals surface area contributed by atoms with Crippen LogP contribution in [0.2, 0.25) is 5.02 Å². The maximum absolute atomic E-state index is 12.9. The largest absolute Gasteiger partial charge is 0.465 e. The Balaban J connectivity index is 1.75. The molecule has 154 valence electrons. The fraction of sp³-hybridized carbons (Fsp3) is 0.300. The zero-order valence-corrected chi connectivity index (χ0v) is 17.4. The molecule has 0 spiro atoms. The predicted molar refractivity (Wildman–Crippen MR) is 109 cm³/mol. The second kappa shape index (κ2) is 8.94. The van der Waals surface area contributed by atoms with Crippen LogP contribution < -0.4 is 5.32 Å². The molecule has 0 unspecified atom stereocenters. The minimum Gasteiger partial charge on any atom is -0.465 e. The zero-order chi connectivity index (χ0) is 21.0. The number of esters is 1. The summed E-state index contributed by atoms with van der Waals surface area (Å²) in [5, 5.41) is 3.18. The Kier molecular flexibility index (Phi) is 6.56. The molecule has 9 heteroatoms. The lowest BCUT2D eigenvalue weighted by atomic mass is 9.98. The molecule has 2 aromatic rings. The molecular formula is C20H21ClN2O5S. The number of amides is 1. The van der Waals surface area contributed by atoms with Crippen LogP contribution >= 0.6 is 11.6 Å². The predicted octanol–water partition coefficient (Wildman–Crippen LogP) is 3.17. The highest BCUT2D eigenvalue weighted by atomic mass is 35.5. The number of sulfonamides is 1. The molecule has 7 nitrogen and oxygen atoms in total. The van der Waals surface area contributed by atoms with Crippen LogP contribution in [0.1, 0.15) is 23.2 Å². The van der Waals surface area contributed by atoms with Gasteiger partial charge in [-0.15, -0.1) is 0 Å². The molecule has 1 heterocycles. The standard InChI is InChI=1S/C20H21ClN2O5S/c1-28-20(25)17-6-2-3-7-18(17)22-19(24)14-5-4-12-23(13-14)29(26,27)16-10-8-15(21)9-11-16/h2-3,6-11,14H,4-5,12-13H2,1H3,(H,22,24)/t14-/m0/s1. The van der Waals surface area contributed by atoms with Crippen LogP contribution in [0, 0.1) is 5.92 Å². The second-order valence-electron chi connectivity index (χ2n) is 6.68. The number of methoxy groups -OCH3 is 1. The first-order chi connectivity index (χ1) is 13.8. The summed E-state index contributed by atoms with van der Waals surface area (Å²) in [6, 6.07) is 12.5. The fourth-order valence-electron chi connectivity index (χ4n) is 3.25. The molecular weight excluding hydrogens is 416 g/mol. The number of rotatable bonds is 5. The first kappa shape index (κ1) is 21.3. The lowest BCUT2D eigenvalue weighted by molar-refractivity contribution is -0.120. The summed E-state index contributed by atoms with van der Waals surface area (Å²) in [6.07, 6.45) is 1.11. The number of nitrogens with one attached hydrogen (secondary N) is 1. The summed E-state index contributed by atoms with van der Waals surface area (Å²) in [6.45, 7) is 0.407. The lowest BCUT2D eigenvalue weighted by Gasteiger charge is -2.31. The SMILES string of the molecule is COC(=O)c1ccccc1NC(=O)[C@H]1CCCN(S(=O)(=O)c2ccc(Cl)cc2)C1. The summed E-state index contributed by atoms with van der Waals surface area (Å²) in [4.78, 5) is 24.8. The topological polar surface area (TPSA) is 92.8 Å². The molecule has 0 aliphatic carbocycles. The third kappa shape index (κ3) is 4.77. The Labute approximate surface area is 174 Å². The summed E-state index contributed by atoms with van der Waals surface area (Å²) in [7, 11) is -2.46. The molecule has 3 rings (SSSR count). The third-order valence-corrected chi connectivity index (χ3v) is 6.93. The highest BCUT2D eigenvalue weighted by Gasteiger charge is 2.33. The number of hydrogen-bond acceptors (Lipinski definition) is 5. The van der Waals surface area contributed by atoms with E-state index in [4.69, 9.17) is 16.3 Å². The van der Waals surface area contributed by atoms with Crippen LogP contribution in [0.15, 0.2) is 53.4 Å². The Morgan fingerprint density at radius 2 is 1.83 bits per heavy atom. The van der Waals surface area contributed by atoms with E-state index in [2.05, 4.69) is 5.32 Å². The van der Waals surface area contributed by atoms with Crippen LogP contribution in [-0.4, -0.2) is 44.8 Å². The maximum Gasteiger partial charge on any atom is 0.339 e. The fourth-order valence-corrected chi connectivity index (χ4v) is 4.90. The van der Waals surface area contributed by atoms with Crippen molar-refractivity contribution >= 4 is 39.2 Å². The summed E-state index contributed by atoms with van der Waals surface area (Å²) >= 11 is 5.84. The molecule has 1 atom stereocenters. The van der Waals surface area contributed by atoms with Crippen LogP contribution in [0.5, 0.6) is 0 Å². The van der Waals surface area contributed by atoms with Crippen molar-refractivity contribution in [1.82, 2.24) is 4.31 Å². The van der Waals surface area contributed by atoms with E-state index in [9.17, 15) is 18.0 Å². The van der Waals surface area contributed by atoms with E-state index < -0.39 is 21.9 Å². The van der Waals surface area contributed by atoms with Crippen LogP contribution in [0.25, 0.3) is 0 Å². The van der Waals surface area contributed by atoms with Gasteiger partial charge in [0.15, 0.2) is 0 Å². The Morgan fingerprint density at radius 1 is 1.14 bits per heavy atom. The number of ether oxygens (including phenoxy) is 1. The summed E-state index contributed by atoms with van der Waals surface area (Å²) < 4.78 is 31.8. The van der Waals surface area contributed by atoms with Gasteiger partial charge in [0.05, 0.1) is 29.2 Å². The van der Waals surface area contributed by atoms with Gasteiger partial charge < -0.3 is 10.1 Å². The Bertz CT molecular complexity index is 1010. The van der Waals surface area contributed by atoms with Crippen molar-refractivity contribution in [1.29, 1.82) is 0 Å². The molecule has 0 aromatic heterocycles. The average Bonchev–Trinajstić information content (AvgIpc) is 2.74. The van der Waals surface area contributed by atoms with Crippen molar-refractivity contribution in [2.75, 3.05) is 25.5 Å². The highest BCUT2D eigenvalue weighted by molar-refractivity contribution is 7.89. The third-order valence-electron chi connectivity index (χ3n) is 4.80. The monoisotopic (exact) mass is 436 g/mol. The van der Waals surface area contributed by atoms with Crippen LogP contribution in [0.4, 0.5) is 5.69 Å². The molecule has 0 bridgehead atoms.